The molecule has 5 rings (SSSR count). The van der Waals surface area contributed by atoms with Gasteiger partial charge in [-0.15, -0.1) is 0 Å². The fourth-order valence-corrected chi connectivity index (χ4v) is 5.86. The number of carbonyl (C=O) groups is 2. The summed E-state index contributed by atoms with van der Waals surface area (Å²) >= 11 is 0. The molecule has 2 saturated heterocycles. The van der Waals surface area contributed by atoms with Crippen molar-refractivity contribution in [2.75, 3.05) is 32.8 Å². The quantitative estimate of drug-likeness (QED) is 0.409. The van der Waals surface area contributed by atoms with Gasteiger partial charge in [0.2, 0.25) is 5.91 Å². The topological polar surface area (TPSA) is 67.9 Å². The van der Waals surface area contributed by atoms with Gasteiger partial charge in [-0.3, -0.25) is 4.79 Å². The van der Waals surface area contributed by atoms with Gasteiger partial charge in [-0.2, -0.15) is 0 Å². The van der Waals surface area contributed by atoms with Crippen molar-refractivity contribution in [2.24, 2.45) is 5.92 Å². The van der Waals surface area contributed by atoms with E-state index in [1.54, 1.807) is 0 Å². The number of nitrogens with one attached hydrogen (secondary N) is 1. The molecule has 2 aromatic carbocycles. The van der Waals surface area contributed by atoms with E-state index < -0.39 is 11.7 Å². The summed E-state index contributed by atoms with van der Waals surface area (Å²) in [4.78, 5) is 27.3. The predicted molar refractivity (Wildman–Crippen MR) is 155 cm³/mol. The number of piperidine rings is 1. The van der Waals surface area contributed by atoms with Crippen LogP contribution in [0.5, 0.6) is 0 Å². The molecule has 2 heterocycles. The number of amides is 2. The van der Waals surface area contributed by atoms with Gasteiger partial charge in [0, 0.05) is 19.0 Å². The molecule has 2 aliphatic heterocycles. The zero-order valence-corrected chi connectivity index (χ0v) is 23.0. The number of nitrogens with zero attached hydrogens (tertiary/aromatic N) is 1. The Hall–Kier alpha value is -3.64. The van der Waals surface area contributed by atoms with Gasteiger partial charge in [0.05, 0.1) is 13.2 Å². The van der Waals surface area contributed by atoms with Crippen molar-refractivity contribution in [2.45, 2.75) is 45.1 Å². The highest BCUT2D eigenvalue weighted by molar-refractivity contribution is 5.95. The zero-order valence-electron chi connectivity index (χ0n) is 23.0. The minimum absolute atomic E-state index is 0.0738. The van der Waals surface area contributed by atoms with Crippen LogP contribution in [0.15, 0.2) is 66.3 Å². The van der Waals surface area contributed by atoms with E-state index in [0.717, 1.165) is 24.8 Å². The molecular weight excluding hydrogens is 488 g/mol. The Balaban J connectivity index is 1.19. The SMILES string of the molecule is C=C1CCOCC1CC(C)(C)OC(=O)NCC(=O)N1CCC(=C2c3ccccc3C=Cc3ccccc32)CC1. The number of hydrogen-bond donors (Lipinski definition) is 1. The third-order valence-corrected chi connectivity index (χ3v) is 7.93. The van der Waals surface area contributed by atoms with E-state index in [0.29, 0.717) is 32.7 Å². The lowest BCUT2D eigenvalue weighted by Gasteiger charge is -2.33. The standard InChI is InChI=1S/C33H38N2O4/c1-23-16-19-38-22-27(23)20-33(2,3)39-32(37)34-21-30(36)35-17-14-26(15-18-35)31-28-10-6-4-8-24(28)12-13-25-9-5-7-11-29(25)31/h4-13,27H,1,14-22H2,2-3H3,(H,34,37). The van der Waals surface area contributed by atoms with Crippen LogP contribution in [-0.2, 0) is 14.3 Å². The zero-order chi connectivity index (χ0) is 27.4. The number of fused-ring (bicyclic) bond motifs is 2. The molecule has 204 valence electrons. The van der Waals surface area contributed by atoms with E-state index in [2.05, 4.69) is 72.6 Å². The third kappa shape index (κ3) is 6.34. The second-order valence-electron chi connectivity index (χ2n) is 11.3. The molecular formula is C33H38N2O4. The Labute approximate surface area is 231 Å². The summed E-state index contributed by atoms with van der Waals surface area (Å²) in [5.74, 6) is 0.0780. The lowest BCUT2D eigenvalue weighted by Crippen LogP contribution is -2.45. The number of hydrogen-bond acceptors (Lipinski definition) is 4. The molecule has 39 heavy (non-hydrogen) atoms. The monoisotopic (exact) mass is 526 g/mol. The molecule has 0 saturated carbocycles. The second kappa shape index (κ2) is 11.6. The number of rotatable bonds is 5. The Bertz CT molecular complexity index is 1260. The molecule has 1 unspecified atom stereocenters. The lowest BCUT2D eigenvalue weighted by atomic mass is 9.86. The summed E-state index contributed by atoms with van der Waals surface area (Å²) in [5.41, 5.74) is 8.00. The van der Waals surface area contributed by atoms with Crippen LogP contribution in [0.2, 0.25) is 0 Å². The molecule has 2 amide bonds. The summed E-state index contributed by atoms with van der Waals surface area (Å²) in [6.07, 6.45) is 6.87. The first-order valence-corrected chi connectivity index (χ1v) is 13.9. The summed E-state index contributed by atoms with van der Waals surface area (Å²) in [6.45, 7) is 10.4. The number of ether oxygens (including phenoxy) is 2. The molecule has 6 heteroatoms. The molecule has 0 radical (unpaired) electrons. The number of benzene rings is 2. The van der Waals surface area contributed by atoms with Gasteiger partial charge in [-0.05, 0) is 67.4 Å². The van der Waals surface area contributed by atoms with Crippen molar-refractivity contribution in [1.29, 1.82) is 0 Å². The van der Waals surface area contributed by atoms with Gasteiger partial charge in [-0.25, -0.2) is 4.79 Å². The van der Waals surface area contributed by atoms with E-state index in [-0.39, 0.29) is 18.4 Å². The molecule has 2 fully saturated rings. The Morgan fingerprint density at radius 3 is 2.23 bits per heavy atom. The number of alkyl carbamates (subject to hydrolysis) is 1. The molecule has 6 nitrogen and oxygen atoms in total. The predicted octanol–water partition coefficient (Wildman–Crippen LogP) is 6.08. The first kappa shape index (κ1) is 26.9. The first-order valence-electron chi connectivity index (χ1n) is 13.9. The van der Waals surface area contributed by atoms with E-state index in [1.165, 1.54) is 33.4 Å². The van der Waals surface area contributed by atoms with Crippen LogP contribution in [0.4, 0.5) is 4.79 Å². The summed E-state index contributed by atoms with van der Waals surface area (Å²) in [7, 11) is 0. The number of carbonyl (C=O) groups excluding carboxylic acids is 2. The third-order valence-electron chi connectivity index (χ3n) is 7.93. The van der Waals surface area contributed by atoms with E-state index >= 15 is 0 Å². The van der Waals surface area contributed by atoms with Crippen LogP contribution in [0.1, 0.15) is 61.8 Å². The maximum atomic E-state index is 13.0. The molecule has 2 aromatic rings. The van der Waals surface area contributed by atoms with Crippen LogP contribution in [0.25, 0.3) is 17.7 Å². The van der Waals surface area contributed by atoms with E-state index in [9.17, 15) is 9.59 Å². The average Bonchev–Trinajstić information content (AvgIpc) is 3.10. The Morgan fingerprint density at radius 2 is 1.62 bits per heavy atom. The van der Waals surface area contributed by atoms with Crippen LogP contribution >= 0.6 is 0 Å². The summed E-state index contributed by atoms with van der Waals surface area (Å²) < 4.78 is 11.2. The highest BCUT2D eigenvalue weighted by Crippen LogP contribution is 2.38. The largest absolute Gasteiger partial charge is 0.444 e. The van der Waals surface area contributed by atoms with E-state index in [4.69, 9.17) is 9.47 Å². The fourth-order valence-electron chi connectivity index (χ4n) is 5.86. The Kier molecular flexibility index (Phi) is 8.03. The smallest absolute Gasteiger partial charge is 0.408 e. The highest BCUT2D eigenvalue weighted by Gasteiger charge is 2.31. The molecule has 1 N–H and O–H groups in total. The van der Waals surface area contributed by atoms with Gasteiger partial charge < -0.3 is 19.7 Å². The molecule has 0 aromatic heterocycles. The molecule has 3 aliphatic rings. The van der Waals surface area contributed by atoms with Crippen LogP contribution in [0.3, 0.4) is 0 Å². The van der Waals surface area contributed by atoms with Crippen molar-refractivity contribution in [3.63, 3.8) is 0 Å². The first-order chi connectivity index (χ1) is 18.8. The van der Waals surface area contributed by atoms with Crippen LogP contribution in [0, 0.1) is 5.92 Å². The van der Waals surface area contributed by atoms with Crippen molar-refractivity contribution in [1.82, 2.24) is 10.2 Å². The normalized spacial score (nSPS) is 19.2. The molecule has 1 aliphatic carbocycles. The maximum absolute atomic E-state index is 13.0. The van der Waals surface area contributed by atoms with Gasteiger partial charge in [0.15, 0.2) is 0 Å². The maximum Gasteiger partial charge on any atom is 0.408 e. The summed E-state index contributed by atoms with van der Waals surface area (Å²) in [6, 6.07) is 17.0. The minimum Gasteiger partial charge on any atom is -0.444 e. The number of likely N-dealkylation sites (tertiary alicyclic amines) is 1. The van der Waals surface area contributed by atoms with Gasteiger partial charge in [0.25, 0.3) is 0 Å². The summed E-state index contributed by atoms with van der Waals surface area (Å²) in [5, 5.41) is 2.67. The average molecular weight is 527 g/mol. The van der Waals surface area contributed by atoms with Gasteiger partial charge in [0.1, 0.15) is 12.1 Å². The van der Waals surface area contributed by atoms with Gasteiger partial charge in [-0.1, -0.05) is 78.4 Å². The van der Waals surface area contributed by atoms with E-state index in [1.807, 2.05) is 18.7 Å². The van der Waals surface area contributed by atoms with Crippen LogP contribution < -0.4 is 5.32 Å². The lowest BCUT2D eigenvalue weighted by molar-refractivity contribution is -0.130. The molecule has 0 bridgehead atoms. The highest BCUT2D eigenvalue weighted by atomic mass is 16.6. The van der Waals surface area contributed by atoms with Crippen molar-refractivity contribution in [3.05, 3.63) is 88.5 Å². The van der Waals surface area contributed by atoms with Crippen molar-refractivity contribution in [3.8, 4) is 0 Å². The minimum atomic E-state index is -0.687. The molecule has 0 spiro atoms. The van der Waals surface area contributed by atoms with Crippen molar-refractivity contribution < 1.29 is 19.1 Å². The molecule has 1 atom stereocenters. The van der Waals surface area contributed by atoms with Crippen molar-refractivity contribution >= 4 is 29.7 Å². The Morgan fingerprint density at radius 1 is 1.00 bits per heavy atom. The fraction of sp³-hybridized carbons (Fsp3) is 0.394. The van der Waals surface area contributed by atoms with Gasteiger partial charge >= 0.3 is 6.09 Å². The second-order valence-corrected chi connectivity index (χ2v) is 11.3. The van der Waals surface area contributed by atoms with Crippen LogP contribution in [-0.4, -0.2) is 55.3 Å².